The number of nitrogens with one attached hydrogen (secondary N) is 1. The van der Waals surface area contributed by atoms with Gasteiger partial charge in [-0.15, -0.1) is 0 Å². The average Bonchev–Trinajstić information content (AvgIpc) is 2.38. The normalized spacial score (nSPS) is 12.1. The molecule has 0 bridgehead atoms. The summed E-state index contributed by atoms with van der Waals surface area (Å²) in [5.74, 6) is -0.377. The van der Waals surface area contributed by atoms with Crippen molar-refractivity contribution in [3.8, 4) is 11.5 Å². The fraction of sp³-hybridized carbons (Fsp3) is 0.500. The maximum atomic E-state index is 11.1. The van der Waals surface area contributed by atoms with Crippen molar-refractivity contribution in [1.29, 1.82) is 0 Å². The molecular weight excluding hydrogens is 246 g/mol. The maximum Gasteiger partial charge on any atom is 0.320 e. The molecule has 19 heavy (non-hydrogen) atoms. The van der Waals surface area contributed by atoms with Crippen LogP contribution in [0.15, 0.2) is 18.2 Å². The molecule has 1 atom stereocenters. The first kappa shape index (κ1) is 15.3. The number of rotatable bonds is 8. The van der Waals surface area contributed by atoms with Crippen LogP contribution in [0.25, 0.3) is 0 Å². The van der Waals surface area contributed by atoms with E-state index in [0.717, 1.165) is 18.4 Å². The van der Waals surface area contributed by atoms with Crippen LogP contribution in [0.3, 0.4) is 0 Å². The van der Waals surface area contributed by atoms with Crippen molar-refractivity contribution in [3.05, 3.63) is 23.8 Å². The molecule has 1 aromatic carbocycles. The van der Waals surface area contributed by atoms with Gasteiger partial charge in [-0.3, -0.25) is 4.79 Å². The van der Waals surface area contributed by atoms with Crippen molar-refractivity contribution in [2.45, 2.75) is 38.8 Å². The molecule has 0 saturated carbocycles. The van der Waals surface area contributed by atoms with Gasteiger partial charge in [0, 0.05) is 6.54 Å². The molecule has 3 N–H and O–H groups in total. The number of hydrogen-bond donors (Lipinski definition) is 3. The minimum absolute atomic E-state index is 0.0576. The molecule has 1 rings (SSSR count). The van der Waals surface area contributed by atoms with E-state index in [0.29, 0.717) is 18.7 Å². The Kier molecular flexibility index (Phi) is 6.15. The third-order valence-electron chi connectivity index (χ3n) is 2.94. The van der Waals surface area contributed by atoms with E-state index in [2.05, 4.69) is 5.32 Å². The van der Waals surface area contributed by atoms with Gasteiger partial charge in [0.1, 0.15) is 6.04 Å². The quantitative estimate of drug-likeness (QED) is 0.672. The van der Waals surface area contributed by atoms with E-state index in [1.165, 1.54) is 7.11 Å². The zero-order valence-corrected chi connectivity index (χ0v) is 11.3. The summed E-state index contributed by atoms with van der Waals surface area (Å²) in [6, 6.07) is 4.48. The molecule has 0 aliphatic heterocycles. The molecule has 0 radical (unpaired) electrons. The van der Waals surface area contributed by atoms with E-state index in [9.17, 15) is 9.90 Å². The lowest BCUT2D eigenvalue weighted by molar-refractivity contribution is -0.139. The molecular formula is C14H21NO4. The highest BCUT2D eigenvalue weighted by Gasteiger charge is 2.15. The number of methoxy groups -OCH3 is 1. The lowest BCUT2D eigenvalue weighted by Gasteiger charge is -2.14. The lowest BCUT2D eigenvalue weighted by Crippen LogP contribution is -2.36. The van der Waals surface area contributed by atoms with Gasteiger partial charge in [-0.05, 0) is 24.1 Å². The van der Waals surface area contributed by atoms with Crippen molar-refractivity contribution in [2.75, 3.05) is 7.11 Å². The molecule has 0 spiro atoms. The molecule has 5 heteroatoms. The number of aliphatic carboxylic acids is 1. The van der Waals surface area contributed by atoms with Gasteiger partial charge in [-0.2, -0.15) is 0 Å². The minimum atomic E-state index is -0.841. The number of aromatic hydroxyl groups is 1. The van der Waals surface area contributed by atoms with Crippen LogP contribution >= 0.6 is 0 Å². The fourth-order valence-electron chi connectivity index (χ4n) is 1.81. The molecule has 0 aliphatic rings. The summed E-state index contributed by atoms with van der Waals surface area (Å²) in [4.78, 5) is 11.1. The van der Waals surface area contributed by atoms with Gasteiger partial charge in [0.25, 0.3) is 0 Å². The first-order valence-electron chi connectivity index (χ1n) is 6.40. The van der Waals surface area contributed by atoms with Gasteiger partial charge in [0.05, 0.1) is 7.11 Å². The second-order valence-electron chi connectivity index (χ2n) is 4.42. The SMILES string of the molecule is CCCCC(NCc1ccc(OC)c(O)c1)C(=O)O. The molecule has 0 saturated heterocycles. The van der Waals surface area contributed by atoms with E-state index in [1.54, 1.807) is 18.2 Å². The first-order valence-corrected chi connectivity index (χ1v) is 6.40. The highest BCUT2D eigenvalue weighted by molar-refractivity contribution is 5.73. The Labute approximate surface area is 113 Å². The minimum Gasteiger partial charge on any atom is -0.504 e. The number of carboxylic acid groups (broad SMARTS) is 1. The number of carboxylic acids is 1. The van der Waals surface area contributed by atoms with Crippen LogP contribution in [0.5, 0.6) is 11.5 Å². The second-order valence-corrected chi connectivity index (χ2v) is 4.42. The monoisotopic (exact) mass is 267 g/mol. The Morgan fingerprint density at radius 2 is 2.21 bits per heavy atom. The molecule has 0 heterocycles. The van der Waals surface area contributed by atoms with E-state index in [4.69, 9.17) is 9.84 Å². The predicted molar refractivity (Wildman–Crippen MR) is 72.4 cm³/mol. The molecule has 1 unspecified atom stereocenters. The van der Waals surface area contributed by atoms with Gasteiger partial charge in [-0.1, -0.05) is 25.8 Å². The van der Waals surface area contributed by atoms with Gasteiger partial charge < -0.3 is 20.3 Å². The summed E-state index contributed by atoms with van der Waals surface area (Å²) in [5.41, 5.74) is 0.820. The van der Waals surface area contributed by atoms with Gasteiger partial charge in [0.15, 0.2) is 11.5 Å². The van der Waals surface area contributed by atoms with Crippen molar-refractivity contribution in [1.82, 2.24) is 5.32 Å². The summed E-state index contributed by atoms with van der Waals surface area (Å²) in [7, 11) is 1.48. The number of unbranched alkanes of at least 4 members (excludes halogenated alkanes) is 1. The standard InChI is InChI=1S/C14H21NO4/c1-3-4-5-11(14(17)18)15-9-10-6-7-13(19-2)12(16)8-10/h6-8,11,15-16H,3-5,9H2,1-2H3,(H,17,18). The van der Waals surface area contributed by atoms with Crippen molar-refractivity contribution < 1.29 is 19.7 Å². The van der Waals surface area contributed by atoms with Crippen LogP contribution in [0.4, 0.5) is 0 Å². The number of carbonyl (C=O) groups is 1. The Morgan fingerprint density at radius 1 is 1.47 bits per heavy atom. The molecule has 0 aromatic heterocycles. The highest BCUT2D eigenvalue weighted by atomic mass is 16.5. The molecule has 0 amide bonds. The summed E-state index contributed by atoms with van der Waals surface area (Å²) in [6.45, 7) is 2.43. The summed E-state index contributed by atoms with van der Waals surface area (Å²) >= 11 is 0. The van der Waals surface area contributed by atoms with Crippen molar-refractivity contribution >= 4 is 5.97 Å². The number of ether oxygens (including phenoxy) is 1. The fourth-order valence-corrected chi connectivity index (χ4v) is 1.81. The summed E-state index contributed by atoms with van der Waals surface area (Å²) in [5, 5.41) is 21.7. The second kappa shape index (κ2) is 7.63. The Bertz CT molecular complexity index is 420. The molecule has 106 valence electrons. The number of phenols is 1. The van der Waals surface area contributed by atoms with Crippen LogP contribution in [0.1, 0.15) is 31.7 Å². The largest absolute Gasteiger partial charge is 0.504 e. The molecule has 0 fully saturated rings. The number of hydrogen-bond acceptors (Lipinski definition) is 4. The van der Waals surface area contributed by atoms with Crippen LogP contribution in [-0.2, 0) is 11.3 Å². The van der Waals surface area contributed by atoms with E-state index in [1.807, 2.05) is 6.92 Å². The lowest BCUT2D eigenvalue weighted by atomic mass is 10.1. The third-order valence-corrected chi connectivity index (χ3v) is 2.94. The van der Waals surface area contributed by atoms with Crippen LogP contribution in [0.2, 0.25) is 0 Å². The number of benzene rings is 1. The first-order chi connectivity index (χ1) is 9.08. The maximum absolute atomic E-state index is 11.1. The smallest absolute Gasteiger partial charge is 0.320 e. The van der Waals surface area contributed by atoms with E-state index < -0.39 is 12.0 Å². The van der Waals surface area contributed by atoms with Crippen LogP contribution in [-0.4, -0.2) is 29.3 Å². The van der Waals surface area contributed by atoms with Crippen LogP contribution < -0.4 is 10.1 Å². The third kappa shape index (κ3) is 4.79. The summed E-state index contributed by atoms with van der Waals surface area (Å²) < 4.78 is 4.95. The zero-order chi connectivity index (χ0) is 14.3. The van der Waals surface area contributed by atoms with Gasteiger partial charge >= 0.3 is 5.97 Å². The molecule has 5 nitrogen and oxygen atoms in total. The van der Waals surface area contributed by atoms with E-state index >= 15 is 0 Å². The predicted octanol–water partition coefficient (Wildman–Crippen LogP) is 2.13. The highest BCUT2D eigenvalue weighted by Crippen LogP contribution is 2.26. The van der Waals surface area contributed by atoms with E-state index in [-0.39, 0.29) is 5.75 Å². The Balaban J connectivity index is 2.58. The van der Waals surface area contributed by atoms with Gasteiger partial charge in [-0.25, -0.2) is 0 Å². The topological polar surface area (TPSA) is 78.8 Å². The van der Waals surface area contributed by atoms with Crippen LogP contribution in [0, 0.1) is 0 Å². The summed E-state index contributed by atoms with van der Waals surface area (Å²) in [6.07, 6.45) is 2.45. The average molecular weight is 267 g/mol. The number of phenolic OH excluding ortho intramolecular Hbond substituents is 1. The van der Waals surface area contributed by atoms with Crippen molar-refractivity contribution in [2.24, 2.45) is 0 Å². The zero-order valence-electron chi connectivity index (χ0n) is 11.3. The Morgan fingerprint density at radius 3 is 2.74 bits per heavy atom. The van der Waals surface area contributed by atoms with Crippen molar-refractivity contribution in [3.63, 3.8) is 0 Å². The molecule has 1 aromatic rings. The van der Waals surface area contributed by atoms with Gasteiger partial charge in [0.2, 0.25) is 0 Å². The molecule has 0 aliphatic carbocycles. The Hall–Kier alpha value is -1.75.